The number of rotatable bonds is 5. The smallest absolute Gasteiger partial charge is 0.254 e. The van der Waals surface area contributed by atoms with Crippen molar-refractivity contribution in [3.63, 3.8) is 0 Å². The number of carbonyl (C=O) groups is 1. The predicted molar refractivity (Wildman–Crippen MR) is 84.5 cm³/mol. The average Bonchev–Trinajstić information content (AvgIpc) is 2.91. The number of benzene rings is 1. The summed E-state index contributed by atoms with van der Waals surface area (Å²) in [5.41, 5.74) is 1.67. The van der Waals surface area contributed by atoms with Crippen molar-refractivity contribution < 1.29 is 17.7 Å². The molecule has 2 aromatic rings. The fraction of sp³-hybridized carbons (Fsp3) is 0.333. The monoisotopic (exact) mass is 337 g/mol. The van der Waals surface area contributed by atoms with Crippen LogP contribution in [0.4, 0.5) is 0 Å². The lowest BCUT2D eigenvalue weighted by Crippen LogP contribution is -2.27. The Morgan fingerprint density at radius 1 is 1.30 bits per heavy atom. The molecule has 0 unspecified atom stereocenters. The van der Waals surface area contributed by atoms with E-state index in [1.54, 1.807) is 33.0 Å². The highest BCUT2D eigenvalue weighted by atomic mass is 32.2. The van der Waals surface area contributed by atoms with E-state index in [4.69, 9.17) is 4.52 Å². The number of sulfonamides is 1. The largest absolute Gasteiger partial charge is 0.361 e. The van der Waals surface area contributed by atoms with Crippen molar-refractivity contribution in [3.8, 4) is 0 Å². The second-order valence-electron chi connectivity index (χ2n) is 5.27. The van der Waals surface area contributed by atoms with E-state index in [0.29, 0.717) is 22.6 Å². The zero-order valence-corrected chi connectivity index (χ0v) is 14.3. The fourth-order valence-corrected chi connectivity index (χ4v) is 2.89. The Morgan fingerprint density at radius 3 is 2.57 bits per heavy atom. The number of hydrogen-bond donors (Lipinski definition) is 1. The molecule has 0 fully saturated rings. The highest BCUT2D eigenvalue weighted by molar-refractivity contribution is 7.89. The van der Waals surface area contributed by atoms with Crippen molar-refractivity contribution in [1.82, 2.24) is 14.8 Å². The molecule has 0 aliphatic carbocycles. The Balaban J connectivity index is 2.29. The highest BCUT2D eigenvalue weighted by Crippen LogP contribution is 2.18. The second-order valence-corrected chi connectivity index (χ2v) is 7.16. The number of nitrogens with one attached hydrogen (secondary N) is 1. The Hall–Kier alpha value is -2.19. The molecule has 1 aromatic heterocycles. The Labute approximate surface area is 135 Å². The minimum absolute atomic E-state index is 0.0552. The maximum Gasteiger partial charge on any atom is 0.254 e. The summed E-state index contributed by atoms with van der Waals surface area (Å²) >= 11 is 0. The minimum Gasteiger partial charge on any atom is -0.361 e. The van der Waals surface area contributed by atoms with Gasteiger partial charge in [-0.2, -0.15) is 0 Å². The maximum atomic E-state index is 12.6. The van der Waals surface area contributed by atoms with E-state index >= 15 is 0 Å². The molecule has 1 N–H and O–H groups in total. The van der Waals surface area contributed by atoms with Gasteiger partial charge in [0.05, 0.1) is 11.4 Å². The summed E-state index contributed by atoms with van der Waals surface area (Å²) in [6.45, 7) is 3.81. The third-order valence-corrected chi connectivity index (χ3v) is 4.85. The molecule has 0 atom stereocenters. The summed E-state index contributed by atoms with van der Waals surface area (Å²) in [6.07, 6.45) is 0. The van der Waals surface area contributed by atoms with Crippen LogP contribution in [0.5, 0.6) is 0 Å². The van der Waals surface area contributed by atoms with Crippen molar-refractivity contribution in [3.05, 3.63) is 46.8 Å². The van der Waals surface area contributed by atoms with E-state index in [2.05, 4.69) is 9.88 Å². The maximum absolute atomic E-state index is 12.6. The van der Waals surface area contributed by atoms with Crippen molar-refractivity contribution in [2.75, 3.05) is 14.1 Å². The molecule has 0 radical (unpaired) electrons. The summed E-state index contributed by atoms with van der Waals surface area (Å²) in [5.74, 6) is 0.385. The van der Waals surface area contributed by atoms with Crippen LogP contribution in [-0.2, 0) is 16.6 Å². The topological polar surface area (TPSA) is 92.5 Å². The third-order valence-electron chi connectivity index (χ3n) is 3.44. The number of carbonyl (C=O) groups excluding carboxylic acids is 1. The number of aromatic nitrogens is 1. The van der Waals surface area contributed by atoms with Crippen LogP contribution in [0, 0.1) is 13.8 Å². The number of aryl methyl sites for hydroxylation is 2. The van der Waals surface area contributed by atoms with Gasteiger partial charge in [0.1, 0.15) is 11.5 Å². The van der Waals surface area contributed by atoms with Crippen LogP contribution < -0.4 is 4.72 Å². The molecule has 0 saturated carbocycles. The molecule has 0 aliphatic rings. The van der Waals surface area contributed by atoms with E-state index in [9.17, 15) is 13.2 Å². The molecule has 0 bridgehead atoms. The predicted octanol–water partition coefficient (Wildman–Crippen LogP) is 1.47. The lowest BCUT2D eigenvalue weighted by atomic mass is 10.1. The first-order valence-corrected chi connectivity index (χ1v) is 8.45. The van der Waals surface area contributed by atoms with E-state index in [0.717, 1.165) is 0 Å². The number of amides is 1. The minimum atomic E-state index is -3.60. The molecule has 1 heterocycles. The van der Waals surface area contributed by atoms with Crippen molar-refractivity contribution in [2.24, 2.45) is 0 Å². The van der Waals surface area contributed by atoms with Gasteiger partial charge < -0.3 is 9.42 Å². The van der Waals surface area contributed by atoms with Crippen molar-refractivity contribution >= 4 is 15.9 Å². The first-order chi connectivity index (χ1) is 10.7. The molecule has 0 spiro atoms. The van der Waals surface area contributed by atoms with Crippen LogP contribution in [-0.4, -0.2) is 38.5 Å². The molecular weight excluding hydrogens is 318 g/mol. The van der Waals surface area contributed by atoms with Gasteiger partial charge in [0.25, 0.3) is 5.91 Å². The van der Waals surface area contributed by atoms with Gasteiger partial charge in [-0.15, -0.1) is 0 Å². The Kier molecular flexibility index (Phi) is 4.86. The van der Waals surface area contributed by atoms with Gasteiger partial charge in [-0.1, -0.05) is 11.2 Å². The number of hydrogen-bond acceptors (Lipinski definition) is 5. The van der Waals surface area contributed by atoms with E-state index in [-0.39, 0.29) is 17.3 Å². The first-order valence-electron chi connectivity index (χ1n) is 6.96. The van der Waals surface area contributed by atoms with Gasteiger partial charge in [0.2, 0.25) is 10.0 Å². The lowest BCUT2D eigenvalue weighted by molar-refractivity contribution is 0.0781. The molecule has 1 aromatic carbocycles. The van der Waals surface area contributed by atoms with Crippen LogP contribution in [0.2, 0.25) is 0 Å². The summed E-state index contributed by atoms with van der Waals surface area (Å²) in [7, 11) is -0.641. The average molecular weight is 337 g/mol. The van der Waals surface area contributed by atoms with E-state index in [1.807, 2.05) is 0 Å². The normalized spacial score (nSPS) is 11.5. The zero-order valence-electron chi connectivity index (χ0n) is 13.5. The number of nitrogens with zero attached hydrogens (tertiary/aromatic N) is 2. The molecule has 0 aliphatic heterocycles. The Morgan fingerprint density at radius 2 is 2.00 bits per heavy atom. The first kappa shape index (κ1) is 17.2. The molecule has 2 rings (SSSR count). The molecule has 7 nitrogen and oxygen atoms in total. The van der Waals surface area contributed by atoms with Gasteiger partial charge in [-0.25, -0.2) is 13.1 Å². The molecule has 124 valence electrons. The van der Waals surface area contributed by atoms with Crippen molar-refractivity contribution in [2.45, 2.75) is 25.3 Å². The van der Waals surface area contributed by atoms with Crippen LogP contribution >= 0.6 is 0 Å². The SMILES string of the molecule is CNS(=O)(=O)c1ccc(C)c(C(=O)N(C)Cc2cc(C)on2)c1. The van der Waals surface area contributed by atoms with Gasteiger partial charge in [-0.05, 0) is 38.6 Å². The lowest BCUT2D eigenvalue weighted by Gasteiger charge is -2.17. The summed E-state index contributed by atoms with van der Waals surface area (Å²) in [6, 6.07) is 6.22. The standard InChI is InChI=1S/C15H19N3O4S/c1-10-5-6-13(23(20,21)16-3)8-14(10)15(19)18(4)9-12-7-11(2)22-17-12/h5-8,16H,9H2,1-4H3. The van der Waals surface area contributed by atoms with Crippen LogP contribution in [0.3, 0.4) is 0 Å². The second kappa shape index (κ2) is 6.51. The molecular formula is C15H19N3O4S. The van der Waals surface area contributed by atoms with Gasteiger partial charge >= 0.3 is 0 Å². The fourth-order valence-electron chi connectivity index (χ4n) is 2.13. The Bertz CT molecular complexity index is 827. The van der Waals surface area contributed by atoms with E-state index in [1.165, 1.54) is 24.1 Å². The van der Waals surface area contributed by atoms with Crippen LogP contribution in [0.25, 0.3) is 0 Å². The molecule has 0 saturated heterocycles. The van der Waals surface area contributed by atoms with Gasteiger partial charge in [0, 0.05) is 18.7 Å². The molecule has 23 heavy (non-hydrogen) atoms. The van der Waals surface area contributed by atoms with Crippen molar-refractivity contribution in [1.29, 1.82) is 0 Å². The van der Waals surface area contributed by atoms with Crippen LogP contribution in [0.1, 0.15) is 27.4 Å². The molecule has 1 amide bonds. The summed E-state index contributed by atoms with van der Waals surface area (Å²) < 4.78 is 31.0. The van der Waals surface area contributed by atoms with E-state index < -0.39 is 10.0 Å². The van der Waals surface area contributed by atoms with Crippen LogP contribution in [0.15, 0.2) is 33.7 Å². The quantitative estimate of drug-likeness (QED) is 0.892. The van der Waals surface area contributed by atoms with Gasteiger partial charge in [-0.3, -0.25) is 4.79 Å². The highest BCUT2D eigenvalue weighted by Gasteiger charge is 2.19. The zero-order chi connectivity index (χ0) is 17.2. The molecule has 8 heteroatoms. The third kappa shape index (κ3) is 3.77. The summed E-state index contributed by atoms with van der Waals surface area (Å²) in [5, 5.41) is 3.85. The summed E-state index contributed by atoms with van der Waals surface area (Å²) in [4.78, 5) is 14.1. The van der Waals surface area contributed by atoms with Gasteiger partial charge in [0.15, 0.2) is 0 Å².